The number of nitrogens with two attached hydrogens (primary N) is 1. The molecule has 1 aromatic heterocycles. The Morgan fingerprint density at radius 2 is 1.80 bits per heavy atom. The van der Waals surface area contributed by atoms with Crippen LogP contribution in [0, 0.1) is 40.4 Å². The van der Waals surface area contributed by atoms with E-state index in [1.165, 1.54) is 39.2 Å². The van der Waals surface area contributed by atoms with E-state index in [2.05, 4.69) is 59.4 Å². The number of methoxy groups -OCH3 is 1. The molecule has 4 fully saturated rings. The first kappa shape index (κ1) is 45.4. The van der Waals surface area contributed by atoms with Crippen molar-refractivity contribution in [2.45, 2.75) is 153 Å². The third kappa shape index (κ3) is 9.33. The second-order valence-corrected chi connectivity index (χ2v) is 20.6. The fourth-order valence-corrected chi connectivity index (χ4v) is 13.3. The summed E-state index contributed by atoms with van der Waals surface area (Å²) in [5.74, 6) is 9.14. The molecular formula is C56H69N3O6. The molecule has 0 bridgehead atoms. The molecule has 0 amide bonds. The molecule has 1 spiro atoms. The molecule has 9 rings (SSSR count). The molecule has 5 aliphatic rings. The molecule has 9 heteroatoms. The summed E-state index contributed by atoms with van der Waals surface area (Å²) in [4.78, 5) is 31.2. The van der Waals surface area contributed by atoms with Gasteiger partial charge in [0, 0.05) is 43.3 Å². The smallest absolute Gasteiger partial charge is 0.160 e. The molecular weight excluding hydrogens is 811 g/mol. The fourth-order valence-electron chi connectivity index (χ4n) is 13.3. The minimum absolute atomic E-state index is 0.0128. The summed E-state index contributed by atoms with van der Waals surface area (Å²) >= 11 is 0. The van der Waals surface area contributed by atoms with Gasteiger partial charge in [-0.15, -0.1) is 0 Å². The number of benzene rings is 3. The zero-order chi connectivity index (χ0) is 45.3. The van der Waals surface area contributed by atoms with Gasteiger partial charge in [-0.3, -0.25) is 9.59 Å². The van der Waals surface area contributed by atoms with Crippen molar-refractivity contribution >= 4 is 28.2 Å². The lowest BCUT2D eigenvalue weighted by molar-refractivity contribution is -0.135. The van der Waals surface area contributed by atoms with E-state index in [1.807, 2.05) is 30.5 Å². The monoisotopic (exact) mass is 880 g/mol. The number of aryl methyl sites for hydroxylation is 2. The molecule has 344 valence electrons. The van der Waals surface area contributed by atoms with Crippen molar-refractivity contribution < 1.29 is 29.6 Å². The normalized spacial score (nSPS) is 28.6. The number of ketones is 2. The van der Waals surface area contributed by atoms with Crippen LogP contribution in [0.1, 0.15) is 149 Å². The fraction of sp³-hybridized carbons (Fsp3) is 0.554. The molecule has 2 heterocycles. The van der Waals surface area contributed by atoms with E-state index in [0.717, 1.165) is 70.8 Å². The molecule has 6 N–H and O–H groups in total. The first-order chi connectivity index (χ1) is 31.5. The van der Waals surface area contributed by atoms with Crippen LogP contribution in [-0.2, 0) is 22.4 Å². The number of fused-ring (bicyclic) bond motifs is 3. The van der Waals surface area contributed by atoms with Crippen molar-refractivity contribution in [2.24, 2.45) is 28.6 Å². The van der Waals surface area contributed by atoms with Gasteiger partial charge < -0.3 is 31.1 Å². The minimum atomic E-state index is -1.17. The average molecular weight is 880 g/mol. The van der Waals surface area contributed by atoms with Crippen LogP contribution in [0.2, 0.25) is 0 Å². The van der Waals surface area contributed by atoms with Crippen molar-refractivity contribution in [2.75, 3.05) is 19.4 Å². The highest BCUT2D eigenvalue weighted by Gasteiger charge is 2.51. The van der Waals surface area contributed by atoms with E-state index in [-0.39, 0.29) is 29.3 Å². The van der Waals surface area contributed by atoms with Crippen LogP contribution in [0.25, 0.3) is 10.8 Å². The number of anilines is 1. The maximum Gasteiger partial charge on any atom is 0.160 e. The third-order valence-corrected chi connectivity index (χ3v) is 16.9. The second kappa shape index (κ2) is 19.2. The van der Waals surface area contributed by atoms with Crippen molar-refractivity contribution in [3.8, 4) is 23.3 Å². The number of piperidine rings is 1. The highest BCUT2D eigenvalue weighted by atomic mass is 16.5. The zero-order valence-electron chi connectivity index (χ0n) is 38.5. The zero-order valence-corrected chi connectivity index (χ0v) is 38.5. The summed E-state index contributed by atoms with van der Waals surface area (Å²) < 4.78 is 5.55. The standard InChI is InChI=1S/C56H69N3O6/c1-3-36-33-59-54(57)31-48(36)47(40-11-10-37-8-4-5-9-39(37)25-40)28-44(60)15-12-38-19-23-56(52(63)17-14-41-27-51(65-2)50(62)30-46(38)41)22-18-35(24-53(56)64)32-55(20-6-7-21-55)43-26-42-13-16-45(61)29-49(42)58-34-43/h4-5,8-11,25,27,30-31,33,35,38,42-44,47,49,53,58,60,62,64H,3,6-7,12-18,20-22,24,26,28-29,32,34H2,1-2H3,(H2,57,59)/t35-,38-,42+,43-,44+,47+,49+,53+,56-/m0/s1. The number of rotatable bonds is 12. The van der Waals surface area contributed by atoms with Gasteiger partial charge in [0.05, 0.1) is 19.3 Å². The number of pyridine rings is 1. The molecule has 0 unspecified atom stereocenters. The van der Waals surface area contributed by atoms with Crippen LogP contribution >= 0.6 is 0 Å². The summed E-state index contributed by atoms with van der Waals surface area (Å²) in [6.07, 6.45) is 14.6. The summed E-state index contributed by atoms with van der Waals surface area (Å²) in [6, 6.07) is 20.7. The lowest BCUT2D eigenvalue weighted by Gasteiger charge is -2.49. The van der Waals surface area contributed by atoms with Gasteiger partial charge in [0.2, 0.25) is 0 Å². The van der Waals surface area contributed by atoms with Gasteiger partial charge >= 0.3 is 0 Å². The summed E-state index contributed by atoms with van der Waals surface area (Å²) in [5, 5.41) is 41.6. The minimum Gasteiger partial charge on any atom is -0.504 e. The van der Waals surface area contributed by atoms with Crippen LogP contribution in [0.15, 0.2) is 66.9 Å². The number of aliphatic hydroxyl groups is 2. The van der Waals surface area contributed by atoms with E-state index in [9.17, 15) is 24.9 Å². The number of aromatic hydroxyl groups is 1. The summed E-state index contributed by atoms with van der Waals surface area (Å²) in [5.41, 5.74) is 10.4. The van der Waals surface area contributed by atoms with Crippen LogP contribution in [0.4, 0.5) is 5.82 Å². The van der Waals surface area contributed by atoms with Gasteiger partial charge in [0.1, 0.15) is 17.0 Å². The molecule has 3 saturated carbocycles. The SMILES string of the molecule is CCc1cnc(N)cc1[C@H](C[C@H](O)CC[C@H]1C#C[C@@]2(CC[C@H](CC3([C@@H]4CN[C@@H]5CC(=O)CC[C@@H]5C4)CCCC3)C[C@H]2O)C(=O)CCc2cc(OC)c(O)cc21)c1ccc2ccccc2c1. The molecule has 1 saturated heterocycles. The lowest BCUT2D eigenvalue weighted by atomic mass is 9.58. The van der Waals surface area contributed by atoms with Crippen molar-refractivity contribution in [1.82, 2.24) is 10.3 Å². The number of phenols is 1. The van der Waals surface area contributed by atoms with Gasteiger partial charge in [-0.2, -0.15) is 0 Å². The van der Waals surface area contributed by atoms with Crippen molar-refractivity contribution in [3.63, 3.8) is 0 Å². The van der Waals surface area contributed by atoms with E-state index in [4.69, 9.17) is 10.5 Å². The highest BCUT2D eigenvalue weighted by molar-refractivity contribution is 5.89. The van der Waals surface area contributed by atoms with Gasteiger partial charge in [0.25, 0.3) is 0 Å². The number of Topliss-reactive ketones (excluding diaryl/α,β-unsaturated/α-hetero) is 2. The predicted octanol–water partition coefficient (Wildman–Crippen LogP) is 9.50. The molecule has 65 heavy (non-hydrogen) atoms. The molecule has 9 atom stereocenters. The van der Waals surface area contributed by atoms with E-state index in [1.54, 1.807) is 6.07 Å². The number of nitrogen functional groups attached to an aromatic ring is 1. The maximum absolute atomic E-state index is 14.5. The molecule has 4 aromatic rings. The highest BCUT2D eigenvalue weighted by Crippen LogP contribution is 2.55. The van der Waals surface area contributed by atoms with Gasteiger partial charge in [-0.1, -0.05) is 74.1 Å². The summed E-state index contributed by atoms with van der Waals surface area (Å²) in [6.45, 7) is 3.08. The molecule has 9 nitrogen and oxygen atoms in total. The maximum atomic E-state index is 14.5. The first-order valence-corrected chi connectivity index (χ1v) is 24.8. The Kier molecular flexibility index (Phi) is 13.4. The van der Waals surface area contributed by atoms with Gasteiger partial charge in [-0.25, -0.2) is 4.98 Å². The number of hydrogen-bond donors (Lipinski definition) is 5. The Morgan fingerprint density at radius 1 is 0.985 bits per heavy atom. The number of phenolic OH excluding ortho intramolecular Hbond substituents is 1. The lowest BCUT2D eigenvalue weighted by Crippen LogP contribution is -2.53. The number of ether oxygens (including phenoxy) is 1. The first-order valence-electron chi connectivity index (χ1n) is 24.8. The van der Waals surface area contributed by atoms with Crippen LogP contribution < -0.4 is 15.8 Å². The predicted molar refractivity (Wildman–Crippen MR) is 256 cm³/mol. The number of aromatic nitrogens is 1. The number of carbonyl (C=O) groups is 2. The van der Waals surface area contributed by atoms with Gasteiger partial charge in [-0.05, 0) is 170 Å². The second-order valence-electron chi connectivity index (χ2n) is 20.6. The molecule has 4 aliphatic carbocycles. The number of hydrogen-bond acceptors (Lipinski definition) is 9. The van der Waals surface area contributed by atoms with E-state index < -0.39 is 23.5 Å². The quantitative estimate of drug-likeness (QED) is 0.0876. The van der Waals surface area contributed by atoms with Crippen LogP contribution in [-0.4, -0.2) is 63.8 Å². The number of nitrogens with one attached hydrogen (secondary N) is 1. The van der Waals surface area contributed by atoms with Crippen molar-refractivity contribution in [1.29, 1.82) is 0 Å². The van der Waals surface area contributed by atoms with Crippen LogP contribution in [0.3, 0.4) is 0 Å². The van der Waals surface area contributed by atoms with Crippen molar-refractivity contribution in [3.05, 3.63) is 94.7 Å². The third-order valence-electron chi connectivity index (χ3n) is 16.9. The Morgan fingerprint density at radius 3 is 2.58 bits per heavy atom. The van der Waals surface area contributed by atoms with E-state index >= 15 is 0 Å². The van der Waals surface area contributed by atoms with Crippen LogP contribution in [0.5, 0.6) is 11.5 Å². The Labute approximate surface area is 385 Å². The molecule has 0 radical (unpaired) electrons. The average Bonchev–Trinajstić information content (AvgIpc) is 3.81. The number of aliphatic hydroxyl groups excluding tert-OH is 2. The van der Waals surface area contributed by atoms with Gasteiger partial charge in [0.15, 0.2) is 17.3 Å². The Hall–Kier alpha value is -4.75. The number of nitrogens with zero attached hydrogens (tertiary/aromatic N) is 1. The van der Waals surface area contributed by atoms with E-state index in [0.29, 0.717) is 92.5 Å². The number of carbonyl (C=O) groups excluding carboxylic acids is 2. The molecule has 1 aliphatic heterocycles. The summed E-state index contributed by atoms with van der Waals surface area (Å²) in [7, 11) is 1.53. The Balaban J connectivity index is 0.964. The largest absolute Gasteiger partial charge is 0.504 e. The topological polar surface area (TPSA) is 155 Å². The molecule has 3 aromatic carbocycles. The Bertz CT molecular complexity index is 2450.